The standard InChI is InChI=1S/C11H13N3O2.ClH/c1-14-7-9(6-13-14)12-5-8-2-3-10(15)4-11(8)16;/h2-4,6-7,12,15-16H,5H2,1H3;1H. The Morgan fingerprint density at radius 1 is 1.35 bits per heavy atom. The highest BCUT2D eigenvalue weighted by Gasteiger charge is 2.02. The lowest BCUT2D eigenvalue weighted by molar-refractivity contribution is 0.446. The average Bonchev–Trinajstić information content (AvgIpc) is 2.63. The minimum atomic E-state index is 0. The third kappa shape index (κ3) is 3.29. The van der Waals surface area contributed by atoms with Crippen molar-refractivity contribution in [3.8, 4) is 11.5 Å². The molecule has 0 unspecified atom stereocenters. The number of nitrogens with zero attached hydrogens (tertiary/aromatic N) is 2. The van der Waals surface area contributed by atoms with E-state index in [9.17, 15) is 5.11 Å². The molecular formula is C11H14ClN3O2. The molecule has 0 saturated carbocycles. The number of nitrogens with one attached hydrogen (secondary N) is 1. The van der Waals surface area contributed by atoms with Crippen molar-refractivity contribution in [1.82, 2.24) is 9.78 Å². The summed E-state index contributed by atoms with van der Waals surface area (Å²) in [7, 11) is 1.84. The van der Waals surface area contributed by atoms with Crippen molar-refractivity contribution in [2.75, 3.05) is 5.32 Å². The van der Waals surface area contributed by atoms with Crippen LogP contribution >= 0.6 is 12.4 Å². The van der Waals surface area contributed by atoms with Gasteiger partial charge in [-0.3, -0.25) is 4.68 Å². The molecule has 0 spiro atoms. The van der Waals surface area contributed by atoms with Crippen molar-refractivity contribution in [2.45, 2.75) is 6.54 Å². The first-order valence-corrected chi connectivity index (χ1v) is 4.88. The summed E-state index contributed by atoms with van der Waals surface area (Å²) in [6, 6.07) is 4.54. The Bertz CT molecular complexity index is 499. The Balaban J connectivity index is 0.00000144. The predicted molar refractivity (Wildman–Crippen MR) is 67.6 cm³/mol. The number of benzene rings is 1. The molecule has 0 aliphatic heterocycles. The topological polar surface area (TPSA) is 70.3 Å². The van der Waals surface area contributed by atoms with Crippen LogP contribution in [-0.2, 0) is 13.6 Å². The zero-order chi connectivity index (χ0) is 11.5. The Morgan fingerprint density at radius 2 is 2.12 bits per heavy atom. The molecule has 2 rings (SSSR count). The van der Waals surface area contributed by atoms with Gasteiger partial charge < -0.3 is 15.5 Å². The predicted octanol–water partition coefficient (Wildman–Crippen LogP) is 1.87. The molecule has 1 aromatic heterocycles. The molecule has 0 atom stereocenters. The molecule has 3 N–H and O–H groups in total. The molecule has 0 radical (unpaired) electrons. The Hall–Kier alpha value is -1.88. The number of rotatable bonds is 3. The molecule has 1 heterocycles. The van der Waals surface area contributed by atoms with Crippen molar-refractivity contribution in [3.05, 3.63) is 36.2 Å². The number of aromatic nitrogens is 2. The molecule has 1 aromatic carbocycles. The maximum atomic E-state index is 9.55. The lowest BCUT2D eigenvalue weighted by Crippen LogP contribution is -1.98. The molecule has 92 valence electrons. The number of hydrogen-bond donors (Lipinski definition) is 3. The molecule has 5 nitrogen and oxygen atoms in total. The number of phenols is 2. The third-order valence-electron chi connectivity index (χ3n) is 2.26. The highest BCUT2D eigenvalue weighted by molar-refractivity contribution is 5.85. The first-order valence-electron chi connectivity index (χ1n) is 4.88. The summed E-state index contributed by atoms with van der Waals surface area (Å²) in [6.45, 7) is 0.484. The number of phenolic OH excluding ortho intramolecular Hbond substituents is 2. The van der Waals surface area contributed by atoms with Gasteiger partial charge in [-0.2, -0.15) is 5.10 Å². The fourth-order valence-electron chi connectivity index (χ4n) is 1.41. The van der Waals surface area contributed by atoms with E-state index < -0.39 is 0 Å². The summed E-state index contributed by atoms with van der Waals surface area (Å²) < 4.78 is 1.69. The van der Waals surface area contributed by atoms with Crippen LogP contribution in [0.4, 0.5) is 5.69 Å². The largest absolute Gasteiger partial charge is 0.508 e. The molecule has 2 aromatic rings. The number of aromatic hydroxyl groups is 2. The number of halogens is 1. The van der Waals surface area contributed by atoms with Gasteiger partial charge in [-0.25, -0.2) is 0 Å². The van der Waals surface area contributed by atoms with Crippen LogP contribution in [0.3, 0.4) is 0 Å². The molecule has 0 aliphatic carbocycles. The molecule has 0 amide bonds. The van der Waals surface area contributed by atoms with Gasteiger partial charge in [0.05, 0.1) is 11.9 Å². The van der Waals surface area contributed by atoms with Gasteiger partial charge in [-0.15, -0.1) is 12.4 Å². The lowest BCUT2D eigenvalue weighted by Gasteiger charge is -2.06. The van der Waals surface area contributed by atoms with E-state index in [-0.39, 0.29) is 23.9 Å². The summed E-state index contributed by atoms with van der Waals surface area (Å²) in [6.07, 6.45) is 3.55. The summed E-state index contributed by atoms with van der Waals surface area (Å²) in [5.74, 6) is 0.138. The van der Waals surface area contributed by atoms with Gasteiger partial charge in [0.25, 0.3) is 0 Å². The maximum Gasteiger partial charge on any atom is 0.124 e. The van der Waals surface area contributed by atoms with Crippen molar-refractivity contribution < 1.29 is 10.2 Å². The molecule has 0 bridgehead atoms. The number of anilines is 1. The second-order valence-corrected chi connectivity index (χ2v) is 3.57. The second kappa shape index (κ2) is 5.45. The van der Waals surface area contributed by atoms with E-state index in [1.54, 1.807) is 23.0 Å². The van der Waals surface area contributed by atoms with Gasteiger partial charge in [0, 0.05) is 31.4 Å². The summed E-state index contributed by atoms with van der Waals surface area (Å²) >= 11 is 0. The van der Waals surface area contributed by atoms with E-state index in [4.69, 9.17) is 5.11 Å². The molecule has 0 aliphatic rings. The van der Waals surface area contributed by atoms with Crippen LogP contribution < -0.4 is 5.32 Å². The van der Waals surface area contributed by atoms with Crippen molar-refractivity contribution in [3.63, 3.8) is 0 Å². The van der Waals surface area contributed by atoms with E-state index in [1.165, 1.54) is 6.07 Å². The second-order valence-electron chi connectivity index (χ2n) is 3.57. The van der Waals surface area contributed by atoms with Crippen molar-refractivity contribution in [2.24, 2.45) is 7.05 Å². The summed E-state index contributed by atoms with van der Waals surface area (Å²) in [5, 5.41) is 25.8. The minimum absolute atomic E-state index is 0. The van der Waals surface area contributed by atoms with E-state index >= 15 is 0 Å². The van der Waals surface area contributed by atoms with Crippen molar-refractivity contribution in [1.29, 1.82) is 0 Å². The molecule has 17 heavy (non-hydrogen) atoms. The van der Waals surface area contributed by atoms with Crippen molar-refractivity contribution >= 4 is 18.1 Å². The fraction of sp³-hybridized carbons (Fsp3) is 0.182. The summed E-state index contributed by atoms with van der Waals surface area (Å²) in [4.78, 5) is 0. The van der Waals surface area contributed by atoms with Crippen LogP contribution in [0.15, 0.2) is 30.6 Å². The van der Waals surface area contributed by atoms with Crippen LogP contribution in [0.2, 0.25) is 0 Å². The van der Waals surface area contributed by atoms with Crippen LogP contribution in [-0.4, -0.2) is 20.0 Å². The molecule has 0 saturated heterocycles. The van der Waals surface area contributed by atoms with Gasteiger partial charge in [-0.05, 0) is 12.1 Å². The highest BCUT2D eigenvalue weighted by atomic mass is 35.5. The first kappa shape index (κ1) is 13.2. The minimum Gasteiger partial charge on any atom is -0.508 e. The highest BCUT2D eigenvalue weighted by Crippen LogP contribution is 2.23. The van der Waals surface area contributed by atoms with Crippen LogP contribution in [0.1, 0.15) is 5.56 Å². The zero-order valence-electron chi connectivity index (χ0n) is 9.29. The number of aryl methyl sites for hydroxylation is 1. The molecular weight excluding hydrogens is 242 g/mol. The van der Waals surface area contributed by atoms with E-state index in [0.29, 0.717) is 6.54 Å². The quantitative estimate of drug-likeness (QED) is 0.783. The summed E-state index contributed by atoms with van der Waals surface area (Å²) in [5.41, 5.74) is 1.61. The Morgan fingerprint density at radius 3 is 2.71 bits per heavy atom. The van der Waals surface area contributed by atoms with Crippen LogP contribution in [0, 0.1) is 0 Å². The fourth-order valence-corrected chi connectivity index (χ4v) is 1.41. The third-order valence-corrected chi connectivity index (χ3v) is 2.26. The maximum absolute atomic E-state index is 9.55. The van der Waals surface area contributed by atoms with Gasteiger partial charge in [0.2, 0.25) is 0 Å². The SMILES string of the molecule is Cl.Cn1cc(NCc2ccc(O)cc2O)cn1. The Labute approximate surface area is 105 Å². The van der Waals surface area contributed by atoms with Gasteiger partial charge in [0.1, 0.15) is 11.5 Å². The lowest BCUT2D eigenvalue weighted by atomic mass is 10.2. The van der Waals surface area contributed by atoms with Crippen LogP contribution in [0.25, 0.3) is 0 Å². The normalized spacial score (nSPS) is 9.71. The average molecular weight is 256 g/mol. The van der Waals surface area contributed by atoms with Crippen LogP contribution in [0.5, 0.6) is 11.5 Å². The van der Waals surface area contributed by atoms with E-state index in [2.05, 4.69) is 10.4 Å². The monoisotopic (exact) mass is 255 g/mol. The zero-order valence-corrected chi connectivity index (χ0v) is 10.1. The van der Waals surface area contributed by atoms with Gasteiger partial charge >= 0.3 is 0 Å². The Kier molecular flexibility index (Phi) is 4.23. The number of hydrogen-bond acceptors (Lipinski definition) is 4. The smallest absolute Gasteiger partial charge is 0.124 e. The molecule has 0 fully saturated rings. The van der Waals surface area contributed by atoms with E-state index in [0.717, 1.165) is 11.3 Å². The molecule has 6 heteroatoms. The van der Waals surface area contributed by atoms with Gasteiger partial charge in [-0.1, -0.05) is 0 Å². The first-order chi connectivity index (χ1) is 7.65. The van der Waals surface area contributed by atoms with E-state index in [1.807, 2.05) is 13.2 Å². The van der Waals surface area contributed by atoms with Gasteiger partial charge in [0.15, 0.2) is 0 Å².